The first-order valence-electron chi connectivity index (χ1n) is 12.9. The standard InChI is InChI=1S/C29H42O4/c1-6-9-10-12-26(31)24-14-13-19(4)29-25(24)17-21(18-28(29)33)16-22(11-7-2)23(8-3)27(32)15-20(5)30/h13-14,21-23H,6-12,15-18H2,1-5H3. The van der Waals surface area contributed by atoms with E-state index in [9.17, 15) is 19.2 Å². The minimum absolute atomic E-state index is 0.000750. The van der Waals surface area contributed by atoms with Gasteiger partial charge in [-0.25, -0.2) is 0 Å². The maximum absolute atomic E-state index is 13.2. The Morgan fingerprint density at radius 1 is 1.03 bits per heavy atom. The average Bonchev–Trinajstić information content (AvgIpc) is 2.74. The third kappa shape index (κ3) is 7.19. The van der Waals surface area contributed by atoms with Crippen LogP contribution < -0.4 is 0 Å². The van der Waals surface area contributed by atoms with E-state index in [1.54, 1.807) is 0 Å². The molecule has 33 heavy (non-hydrogen) atoms. The number of hydrogen-bond acceptors (Lipinski definition) is 4. The number of unbranched alkanes of at least 4 members (excludes halogenated alkanes) is 2. The molecule has 0 bridgehead atoms. The Bertz CT molecular complexity index is 867. The fraction of sp³-hybridized carbons (Fsp3) is 0.655. The molecule has 0 fully saturated rings. The first kappa shape index (κ1) is 27.1. The number of aryl methyl sites for hydroxylation is 1. The highest BCUT2D eigenvalue weighted by molar-refractivity contribution is 6.05. The minimum atomic E-state index is -0.141. The summed E-state index contributed by atoms with van der Waals surface area (Å²) < 4.78 is 0. The van der Waals surface area contributed by atoms with Gasteiger partial charge in [-0.05, 0) is 62.5 Å². The molecule has 0 aliphatic heterocycles. The van der Waals surface area contributed by atoms with Crippen molar-refractivity contribution in [3.8, 4) is 0 Å². The summed E-state index contributed by atoms with van der Waals surface area (Å²) in [6, 6.07) is 3.82. The summed E-state index contributed by atoms with van der Waals surface area (Å²) >= 11 is 0. The van der Waals surface area contributed by atoms with E-state index in [-0.39, 0.29) is 47.3 Å². The quantitative estimate of drug-likeness (QED) is 0.174. The lowest BCUT2D eigenvalue weighted by Crippen LogP contribution is -2.30. The zero-order chi connectivity index (χ0) is 24.5. The summed E-state index contributed by atoms with van der Waals surface area (Å²) in [6.07, 6.45) is 8.08. The van der Waals surface area contributed by atoms with Gasteiger partial charge in [-0.3, -0.25) is 19.2 Å². The molecule has 0 saturated carbocycles. The zero-order valence-electron chi connectivity index (χ0n) is 21.3. The predicted octanol–water partition coefficient (Wildman–Crippen LogP) is 6.88. The second-order valence-electron chi connectivity index (χ2n) is 10.0. The van der Waals surface area contributed by atoms with Crippen LogP contribution in [0.2, 0.25) is 0 Å². The summed E-state index contributed by atoms with van der Waals surface area (Å²) in [5.74, 6) is 0.370. The smallest absolute Gasteiger partial charge is 0.163 e. The van der Waals surface area contributed by atoms with Crippen molar-refractivity contribution >= 4 is 23.1 Å². The molecule has 3 unspecified atom stereocenters. The lowest BCUT2D eigenvalue weighted by atomic mass is 9.71. The molecule has 1 aliphatic carbocycles. The fourth-order valence-corrected chi connectivity index (χ4v) is 5.67. The van der Waals surface area contributed by atoms with E-state index in [2.05, 4.69) is 13.8 Å². The molecule has 0 N–H and O–H groups in total. The minimum Gasteiger partial charge on any atom is -0.300 e. The number of rotatable bonds is 14. The van der Waals surface area contributed by atoms with Gasteiger partial charge in [0.05, 0.1) is 6.42 Å². The molecule has 4 nitrogen and oxygen atoms in total. The van der Waals surface area contributed by atoms with Crippen molar-refractivity contribution in [3.05, 3.63) is 34.4 Å². The van der Waals surface area contributed by atoms with Crippen LogP contribution in [0, 0.1) is 24.7 Å². The van der Waals surface area contributed by atoms with E-state index >= 15 is 0 Å². The third-order valence-electron chi connectivity index (χ3n) is 7.22. The van der Waals surface area contributed by atoms with Gasteiger partial charge < -0.3 is 0 Å². The lowest BCUT2D eigenvalue weighted by molar-refractivity contribution is -0.129. The van der Waals surface area contributed by atoms with E-state index in [1.165, 1.54) is 6.92 Å². The Balaban J connectivity index is 2.29. The molecule has 0 spiro atoms. The summed E-state index contributed by atoms with van der Waals surface area (Å²) in [5, 5.41) is 0. The Hall–Kier alpha value is -2.10. The molecule has 4 heteroatoms. The summed E-state index contributed by atoms with van der Waals surface area (Å²) in [6.45, 7) is 9.68. The molecule has 0 amide bonds. The van der Waals surface area contributed by atoms with E-state index in [0.717, 1.165) is 67.2 Å². The lowest BCUT2D eigenvalue weighted by Gasteiger charge is -2.32. The van der Waals surface area contributed by atoms with Crippen molar-refractivity contribution in [3.63, 3.8) is 0 Å². The highest BCUT2D eigenvalue weighted by Gasteiger charge is 2.34. The van der Waals surface area contributed by atoms with E-state index < -0.39 is 0 Å². The molecule has 0 aromatic heterocycles. The van der Waals surface area contributed by atoms with E-state index in [1.807, 2.05) is 26.0 Å². The summed E-state index contributed by atoms with van der Waals surface area (Å²) in [7, 11) is 0. The van der Waals surface area contributed by atoms with Crippen LogP contribution in [0.4, 0.5) is 0 Å². The first-order chi connectivity index (χ1) is 15.7. The van der Waals surface area contributed by atoms with Gasteiger partial charge in [-0.1, -0.05) is 58.6 Å². The van der Waals surface area contributed by atoms with Crippen molar-refractivity contribution in [2.24, 2.45) is 17.8 Å². The van der Waals surface area contributed by atoms with Crippen LogP contribution >= 0.6 is 0 Å². The molecule has 3 atom stereocenters. The summed E-state index contributed by atoms with van der Waals surface area (Å²) in [5.41, 5.74) is 3.35. The molecule has 0 saturated heterocycles. The van der Waals surface area contributed by atoms with Crippen molar-refractivity contribution in [1.29, 1.82) is 0 Å². The number of carbonyl (C=O) groups excluding carboxylic acids is 4. The van der Waals surface area contributed by atoms with Gasteiger partial charge >= 0.3 is 0 Å². The zero-order valence-corrected chi connectivity index (χ0v) is 21.3. The van der Waals surface area contributed by atoms with Gasteiger partial charge in [0.15, 0.2) is 11.6 Å². The van der Waals surface area contributed by atoms with Gasteiger partial charge in [-0.15, -0.1) is 0 Å². The van der Waals surface area contributed by atoms with Gasteiger partial charge in [0.25, 0.3) is 0 Å². The van der Waals surface area contributed by atoms with Crippen LogP contribution in [0.1, 0.15) is 124 Å². The highest BCUT2D eigenvalue weighted by Crippen LogP contribution is 2.37. The van der Waals surface area contributed by atoms with Crippen LogP contribution in [0.5, 0.6) is 0 Å². The van der Waals surface area contributed by atoms with Crippen LogP contribution in [0.25, 0.3) is 0 Å². The third-order valence-corrected chi connectivity index (χ3v) is 7.22. The Morgan fingerprint density at radius 2 is 1.76 bits per heavy atom. The van der Waals surface area contributed by atoms with Gasteiger partial charge in [0, 0.05) is 29.9 Å². The van der Waals surface area contributed by atoms with Crippen molar-refractivity contribution < 1.29 is 19.2 Å². The van der Waals surface area contributed by atoms with Crippen molar-refractivity contribution in [1.82, 2.24) is 0 Å². The fourth-order valence-electron chi connectivity index (χ4n) is 5.67. The molecular weight excluding hydrogens is 412 g/mol. The normalized spacial score (nSPS) is 17.4. The molecule has 1 aromatic rings. The average molecular weight is 455 g/mol. The number of Topliss-reactive ketones (excluding diaryl/α,β-unsaturated/α-hetero) is 4. The molecule has 0 radical (unpaired) electrons. The Morgan fingerprint density at radius 3 is 2.36 bits per heavy atom. The maximum Gasteiger partial charge on any atom is 0.163 e. The van der Waals surface area contributed by atoms with Crippen LogP contribution in [-0.4, -0.2) is 23.1 Å². The maximum atomic E-state index is 13.2. The molecule has 0 heterocycles. The van der Waals surface area contributed by atoms with Crippen molar-refractivity contribution in [2.75, 3.05) is 0 Å². The number of fused-ring (bicyclic) bond motifs is 1. The second kappa shape index (κ2) is 13.0. The SMILES string of the molecule is CCCCCC(=O)c1ccc(C)c2c1CC(CC(CCC)C(CC)C(=O)CC(C)=O)CC2=O. The monoisotopic (exact) mass is 454 g/mol. The largest absolute Gasteiger partial charge is 0.300 e. The molecular formula is C29H42O4. The Kier molecular flexibility index (Phi) is 10.7. The topological polar surface area (TPSA) is 68.3 Å². The number of hydrogen-bond donors (Lipinski definition) is 0. The molecule has 2 rings (SSSR count). The van der Waals surface area contributed by atoms with E-state index in [0.29, 0.717) is 19.3 Å². The van der Waals surface area contributed by atoms with E-state index in [4.69, 9.17) is 0 Å². The van der Waals surface area contributed by atoms with Crippen LogP contribution in [-0.2, 0) is 16.0 Å². The second-order valence-corrected chi connectivity index (χ2v) is 10.0. The van der Waals surface area contributed by atoms with Crippen molar-refractivity contribution in [2.45, 2.75) is 105 Å². The first-order valence-corrected chi connectivity index (χ1v) is 12.9. The number of benzene rings is 1. The summed E-state index contributed by atoms with van der Waals surface area (Å²) in [4.78, 5) is 50.5. The number of carbonyl (C=O) groups is 4. The molecule has 182 valence electrons. The van der Waals surface area contributed by atoms with Gasteiger partial charge in [0.1, 0.15) is 11.6 Å². The number of ketones is 4. The van der Waals surface area contributed by atoms with Gasteiger partial charge in [0.2, 0.25) is 0 Å². The van der Waals surface area contributed by atoms with Gasteiger partial charge in [-0.2, -0.15) is 0 Å². The predicted molar refractivity (Wildman–Crippen MR) is 133 cm³/mol. The highest BCUT2D eigenvalue weighted by atomic mass is 16.1. The Labute approximate surface area is 199 Å². The molecule has 1 aliphatic rings. The van der Waals surface area contributed by atoms with Crippen LogP contribution in [0.3, 0.4) is 0 Å². The van der Waals surface area contributed by atoms with Crippen LogP contribution in [0.15, 0.2) is 12.1 Å². The molecule has 1 aromatic carbocycles.